The van der Waals surface area contributed by atoms with Crippen molar-refractivity contribution in [1.29, 1.82) is 0 Å². The molecule has 0 aromatic heterocycles. The van der Waals surface area contributed by atoms with E-state index in [0.29, 0.717) is 5.57 Å². The molecule has 3 nitrogen and oxygen atoms in total. The molecule has 1 rings (SSSR count). The van der Waals surface area contributed by atoms with Gasteiger partial charge in [-0.25, -0.2) is 4.79 Å². The normalized spacial score (nSPS) is 18.8. The van der Waals surface area contributed by atoms with Crippen molar-refractivity contribution in [3.8, 4) is 0 Å². The molecule has 4 heteroatoms. The first-order valence-corrected chi connectivity index (χ1v) is 5.59. The first-order valence-electron chi connectivity index (χ1n) is 4.06. The number of hydrogen-bond acceptors (Lipinski definition) is 3. The van der Waals surface area contributed by atoms with Crippen LogP contribution in [0.2, 0.25) is 6.04 Å². The van der Waals surface area contributed by atoms with E-state index in [1.165, 1.54) is 0 Å². The molecule has 1 aliphatic rings. The van der Waals surface area contributed by atoms with Gasteiger partial charge in [-0.15, -0.1) is 0 Å². The van der Waals surface area contributed by atoms with E-state index < -0.39 is 9.28 Å². The molecule has 0 atom stereocenters. The van der Waals surface area contributed by atoms with Crippen molar-refractivity contribution in [1.82, 2.24) is 0 Å². The van der Waals surface area contributed by atoms with Gasteiger partial charge in [0.1, 0.15) is 0 Å². The molecule has 1 heterocycles. The molecule has 0 amide bonds. The Balaban J connectivity index is 2.29. The van der Waals surface area contributed by atoms with Crippen LogP contribution in [0.4, 0.5) is 0 Å². The zero-order valence-corrected chi connectivity index (χ0v) is 8.26. The molecule has 0 unspecified atom stereocenters. The minimum atomic E-state index is -1.30. The van der Waals surface area contributed by atoms with Gasteiger partial charge in [0.25, 0.3) is 0 Å². The summed E-state index contributed by atoms with van der Waals surface area (Å²) in [7, 11) is -1.30. The van der Waals surface area contributed by atoms with Gasteiger partial charge in [0.2, 0.25) is 0 Å². The molecule has 1 radical (unpaired) electrons. The van der Waals surface area contributed by atoms with E-state index in [1.54, 1.807) is 6.92 Å². The maximum atomic E-state index is 11.0. The van der Waals surface area contributed by atoms with Gasteiger partial charge in [-0.05, 0) is 19.8 Å². The fourth-order valence-electron chi connectivity index (χ4n) is 0.901. The molecular weight excluding hydrogens is 172 g/mol. The van der Waals surface area contributed by atoms with Gasteiger partial charge in [0.15, 0.2) is 0 Å². The van der Waals surface area contributed by atoms with Gasteiger partial charge < -0.3 is 8.85 Å². The van der Waals surface area contributed by atoms with E-state index in [-0.39, 0.29) is 5.97 Å². The Hall–Kier alpha value is -0.613. The third kappa shape index (κ3) is 2.79. The molecule has 0 bridgehead atoms. The molecular formula is C8H13O3Si. The minimum absolute atomic E-state index is 0.314. The van der Waals surface area contributed by atoms with Crippen molar-refractivity contribution in [3.05, 3.63) is 12.2 Å². The van der Waals surface area contributed by atoms with Crippen molar-refractivity contribution < 1.29 is 13.6 Å². The summed E-state index contributed by atoms with van der Waals surface area (Å²) in [5.74, 6) is -0.314. The van der Waals surface area contributed by atoms with E-state index >= 15 is 0 Å². The molecule has 1 saturated heterocycles. The standard InChI is InChI=1S/C8H13O3Si/c1-7(2)8(9)11-12-6-4-3-5-10-12/h1,3-6H2,2H3. The van der Waals surface area contributed by atoms with Crippen molar-refractivity contribution in [2.24, 2.45) is 0 Å². The Morgan fingerprint density at radius 3 is 2.83 bits per heavy atom. The third-order valence-corrected chi connectivity index (χ3v) is 3.29. The number of hydrogen-bond donors (Lipinski definition) is 0. The predicted molar refractivity (Wildman–Crippen MR) is 46.7 cm³/mol. The van der Waals surface area contributed by atoms with E-state index in [0.717, 1.165) is 25.5 Å². The Kier molecular flexibility index (Phi) is 3.49. The first kappa shape index (κ1) is 9.47. The lowest BCUT2D eigenvalue weighted by molar-refractivity contribution is -0.131. The highest BCUT2D eigenvalue weighted by Gasteiger charge is 2.23. The second-order valence-electron chi connectivity index (χ2n) is 2.85. The van der Waals surface area contributed by atoms with E-state index in [1.807, 2.05) is 0 Å². The summed E-state index contributed by atoms with van der Waals surface area (Å²) in [6, 6.07) is 0.906. The number of rotatable bonds is 2. The van der Waals surface area contributed by atoms with Gasteiger partial charge in [-0.1, -0.05) is 6.58 Å². The smallest absolute Gasteiger partial charge is 0.460 e. The monoisotopic (exact) mass is 185 g/mol. The Labute approximate surface area is 74.2 Å². The summed E-state index contributed by atoms with van der Waals surface area (Å²) in [6.07, 6.45) is 2.19. The fraction of sp³-hybridized carbons (Fsp3) is 0.625. The summed E-state index contributed by atoms with van der Waals surface area (Å²) in [4.78, 5) is 11.0. The number of carbonyl (C=O) groups is 1. The molecule has 0 spiro atoms. The Morgan fingerprint density at radius 2 is 2.33 bits per heavy atom. The quantitative estimate of drug-likeness (QED) is 0.482. The minimum Gasteiger partial charge on any atom is -0.488 e. The van der Waals surface area contributed by atoms with Crippen molar-refractivity contribution in [2.45, 2.75) is 25.8 Å². The summed E-state index contributed by atoms with van der Waals surface area (Å²) in [5, 5.41) is 0. The summed E-state index contributed by atoms with van der Waals surface area (Å²) in [5.41, 5.74) is 0.446. The summed E-state index contributed by atoms with van der Waals surface area (Å²) >= 11 is 0. The lowest BCUT2D eigenvalue weighted by Crippen LogP contribution is -2.29. The van der Waals surface area contributed by atoms with E-state index in [2.05, 4.69) is 6.58 Å². The average molecular weight is 185 g/mol. The van der Waals surface area contributed by atoms with Crippen LogP contribution in [0.3, 0.4) is 0 Å². The highest BCUT2D eigenvalue weighted by atomic mass is 28.3. The third-order valence-electron chi connectivity index (χ3n) is 1.59. The van der Waals surface area contributed by atoms with Crippen LogP contribution in [0.5, 0.6) is 0 Å². The van der Waals surface area contributed by atoms with Crippen LogP contribution in [0, 0.1) is 0 Å². The molecule has 0 aromatic rings. The first-order chi connectivity index (χ1) is 5.70. The second kappa shape index (κ2) is 4.42. The molecule has 1 aliphatic heterocycles. The van der Waals surface area contributed by atoms with Gasteiger partial charge >= 0.3 is 15.3 Å². The summed E-state index contributed by atoms with van der Waals surface area (Å²) < 4.78 is 10.4. The van der Waals surface area contributed by atoms with Crippen LogP contribution in [-0.2, 0) is 13.6 Å². The highest BCUT2D eigenvalue weighted by molar-refractivity contribution is 6.47. The van der Waals surface area contributed by atoms with Crippen LogP contribution in [0.1, 0.15) is 19.8 Å². The van der Waals surface area contributed by atoms with Gasteiger partial charge in [-0.3, -0.25) is 0 Å². The zero-order valence-electron chi connectivity index (χ0n) is 7.26. The molecule has 1 fully saturated rings. The van der Waals surface area contributed by atoms with Crippen LogP contribution in [0.25, 0.3) is 0 Å². The molecule has 0 aromatic carbocycles. The Morgan fingerprint density at radius 1 is 1.58 bits per heavy atom. The summed E-state index contributed by atoms with van der Waals surface area (Å²) in [6.45, 7) is 5.89. The zero-order chi connectivity index (χ0) is 8.97. The second-order valence-corrected chi connectivity index (χ2v) is 4.58. The lowest BCUT2D eigenvalue weighted by Gasteiger charge is -2.18. The van der Waals surface area contributed by atoms with Crippen LogP contribution in [0.15, 0.2) is 12.2 Å². The molecule has 0 aliphatic carbocycles. The molecule has 67 valence electrons. The molecule has 12 heavy (non-hydrogen) atoms. The highest BCUT2D eigenvalue weighted by Crippen LogP contribution is 2.12. The van der Waals surface area contributed by atoms with Crippen molar-refractivity contribution in [2.75, 3.05) is 6.61 Å². The van der Waals surface area contributed by atoms with Crippen LogP contribution < -0.4 is 0 Å². The van der Waals surface area contributed by atoms with Crippen molar-refractivity contribution in [3.63, 3.8) is 0 Å². The van der Waals surface area contributed by atoms with Crippen LogP contribution >= 0.6 is 0 Å². The van der Waals surface area contributed by atoms with Gasteiger partial charge in [0, 0.05) is 18.2 Å². The van der Waals surface area contributed by atoms with Crippen molar-refractivity contribution >= 4 is 15.3 Å². The topological polar surface area (TPSA) is 35.5 Å². The largest absolute Gasteiger partial charge is 0.488 e. The molecule has 0 saturated carbocycles. The SMILES string of the molecule is C=C(C)C(=O)O[Si]1CCCCO1. The predicted octanol–water partition coefficient (Wildman–Crippen LogP) is 1.40. The van der Waals surface area contributed by atoms with Gasteiger partial charge in [-0.2, -0.15) is 0 Å². The van der Waals surface area contributed by atoms with E-state index in [4.69, 9.17) is 8.85 Å². The van der Waals surface area contributed by atoms with Crippen LogP contribution in [-0.4, -0.2) is 21.9 Å². The fourth-order valence-corrected chi connectivity index (χ4v) is 2.50. The molecule has 0 N–H and O–H groups in total. The maximum absolute atomic E-state index is 11.0. The van der Waals surface area contributed by atoms with Gasteiger partial charge in [0.05, 0.1) is 0 Å². The van der Waals surface area contributed by atoms with E-state index in [9.17, 15) is 4.79 Å². The maximum Gasteiger partial charge on any atom is 0.460 e. The average Bonchev–Trinajstić information content (AvgIpc) is 2.06. The lowest BCUT2D eigenvalue weighted by atomic mass is 10.4. The number of carbonyl (C=O) groups excluding carboxylic acids is 1. The Bertz CT molecular complexity index is 185.